The Morgan fingerprint density at radius 1 is 1.19 bits per heavy atom. The summed E-state index contributed by atoms with van der Waals surface area (Å²) in [6.45, 7) is 9.78. The number of amides is 2. The van der Waals surface area contributed by atoms with Crippen molar-refractivity contribution in [1.82, 2.24) is 10.2 Å². The molecule has 3 atom stereocenters. The molecule has 1 aliphatic rings. The number of esters is 1. The van der Waals surface area contributed by atoms with Crippen LogP contribution in [-0.2, 0) is 19.0 Å². The second kappa shape index (κ2) is 15.9. The van der Waals surface area contributed by atoms with Crippen LogP contribution in [0.25, 0.3) is 10.8 Å². The van der Waals surface area contributed by atoms with Crippen molar-refractivity contribution in [2.45, 2.75) is 56.5 Å². The van der Waals surface area contributed by atoms with E-state index in [0.717, 1.165) is 22.5 Å². The standard InChI is InChI=1S/C31H41N3O7S2/c1-7-13-40-29(37)34-19-23(43-30(38)41-31(2,3)4)17-22(34)18-32-26-16-21(15-20-10-8-9-11-24(20)26)27(35)33-25(12-14-42-6)28(36)39-5/h7-11,15-16,22-23,25,32H,1,12-14,17-19H2,2-6H3,(H,33,35)/t22-,23-,25-/m0/s1. The molecule has 10 nitrogen and oxygen atoms in total. The fourth-order valence-electron chi connectivity index (χ4n) is 4.68. The van der Waals surface area contributed by atoms with Crippen LogP contribution in [0.1, 0.15) is 44.0 Å². The summed E-state index contributed by atoms with van der Waals surface area (Å²) < 4.78 is 15.7. The van der Waals surface area contributed by atoms with Gasteiger partial charge in [0.15, 0.2) is 0 Å². The average Bonchev–Trinajstić information content (AvgIpc) is 3.37. The molecule has 0 aliphatic carbocycles. The topological polar surface area (TPSA) is 123 Å². The molecule has 1 saturated heterocycles. The number of likely N-dealkylation sites (tertiary alicyclic amines) is 1. The van der Waals surface area contributed by atoms with Crippen LogP contribution in [0, 0.1) is 0 Å². The first-order valence-electron chi connectivity index (χ1n) is 14.0. The molecule has 2 N–H and O–H groups in total. The van der Waals surface area contributed by atoms with Gasteiger partial charge < -0.3 is 29.7 Å². The zero-order chi connectivity index (χ0) is 31.6. The SMILES string of the molecule is C=CCOC(=O)N1C[C@@H](SC(=O)OC(C)(C)C)C[C@H]1CNc1cc(C(=O)N[C@@H](CCSC)C(=O)OC)cc2ccccc12. The van der Waals surface area contributed by atoms with E-state index in [1.165, 1.54) is 13.2 Å². The average molecular weight is 632 g/mol. The van der Waals surface area contributed by atoms with Gasteiger partial charge in [0.1, 0.15) is 18.2 Å². The minimum atomic E-state index is -0.763. The second-order valence-corrected chi connectivity index (χ2v) is 13.3. The van der Waals surface area contributed by atoms with Gasteiger partial charge >= 0.3 is 17.4 Å². The van der Waals surface area contributed by atoms with Crippen molar-refractivity contribution >= 4 is 63.3 Å². The number of fused-ring (bicyclic) bond motifs is 1. The van der Waals surface area contributed by atoms with Crippen LogP contribution >= 0.6 is 23.5 Å². The number of nitrogens with one attached hydrogen (secondary N) is 2. The number of hydrogen-bond acceptors (Lipinski definition) is 10. The van der Waals surface area contributed by atoms with Gasteiger partial charge in [-0.15, -0.1) is 0 Å². The summed E-state index contributed by atoms with van der Waals surface area (Å²) in [5.74, 6) is -0.204. The Labute approximate surface area is 261 Å². The maximum absolute atomic E-state index is 13.3. The first-order chi connectivity index (χ1) is 20.4. The number of anilines is 1. The normalized spacial score (nSPS) is 17.2. The molecular weight excluding hydrogens is 590 g/mol. The molecule has 0 saturated carbocycles. The van der Waals surface area contributed by atoms with Crippen LogP contribution in [0.2, 0.25) is 0 Å². The lowest BCUT2D eigenvalue weighted by molar-refractivity contribution is -0.142. The molecule has 2 aromatic rings. The van der Waals surface area contributed by atoms with E-state index < -0.39 is 34.9 Å². The van der Waals surface area contributed by atoms with Crippen molar-refractivity contribution in [3.63, 3.8) is 0 Å². The molecule has 12 heteroatoms. The Morgan fingerprint density at radius 3 is 2.60 bits per heavy atom. The largest absolute Gasteiger partial charge is 0.467 e. The molecule has 1 heterocycles. The van der Waals surface area contributed by atoms with Crippen molar-refractivity contribution in [3.05, 3.63) is 54.6 Å². The Hall–Kier alpha value is -3.38. The smallest absolute Gasteiger partial charge is 0.410 e. The third kappa shape index (κ3) is 10.1. The molecule has 0 spiro atoms. The number of nitrogens with zero attached hydrogens (tertiary/aromatic N) is 1. The molecular formula is C31H41N3O7S2. The summed E-state index contributed by atoms with van der Waals surface area (Å²) in [4.78, 5) is 52.6. The lowest BCUT2D eigenvalue weighted by atomic mass is 10.0. The number of methoxy groups -OCH3 is 1. The van der Waals surface area contributed by atoms with Gasteiger partial charge in [-0.25, -0.2) is 14.4 Å². The van der Waals surface area contributed by atoms with Crippen LogP contribution in [0.15, 0.2) is 49.1 Å². The van der Waals surface area contributed by atoms with E-state index in [2.05, 4.69) is 17.2 Å². The monoisotopic (exact) mass is 631 g/mol. The summed E-state index contributed by atoms with van der Waals surface area (Å²) in [7, 11) is 1.30. The third-order valence-electron chi connectivity index (χ3n) is 6.64. The van der Waals surface area contributed by atoms with E-state index in [0.29, 0.717) is 42.9 Å². The van der Waals surface area contributed by atoms with Gasteiger partial charge in [0.25, 0.3) is 5.91 Å². The van der Waals surface area contributed by atoms with Gasteiger partial charge in [0, 0.05) is 35.0 Å². The maximum atomic E-state index is 13.3. The van der Waals surface area contributed by atoms with Gasteiger partial charge in [-0.2, -0.15) is 11.8 Å². The van der Waals surface area contributed by atoms with Crippen LogP contribution < -0.4 is 10.6 Å². The number of rotatable bonds is 12. The lowest BCUT2D eigenvalue weighted by Crippen LogP contribution is -2.42. The lowest BCUT2D eigenvalue weighted by Gasteiger charge is -2.25. The molecule has 1 fully saturated rings. The van der Waals surface area contributed by atoms with Crippen LogP contribution in [0.4, 0.5) is 15.3 Å². The first kappa shape index (κ1) is 34.1. The van der Waals surface area contributed by atoms with Crippen molar-refractivity contribution in [3.8, 4) is 0 Å². The van der Waals surface area contributed by atoms with Gasteiger partial charge in [0.2, 0.25) is 0 Å². The highest BCUT2D eigenvalue weighted by Gasteiger charge is 2.38. The molecule has 234 valence electrons. The minimum absolute atomic E-state index is 0.0741. The number of thioether (sulfide) groups is 2. The number of hydrogen-bond donors (Lipinski definition) is 2. The predicted molar refractivity (Wildman–Crippen MR) is 173 cm³/mol. The summed E-state index contributed by atoms with van der Waals surface area (Å²) >= 11 is 2.66. The Kier molecular flexibility index (Phi) is 12.6. The highest BCUT2D eigenvalue weighted by molar-refractivity contribution is 8.13. The Morgan fingerprint density at radius 2 is 1.93 bits per heavy atom. The Balaban J connectivity index is 1.82. The van der Waals surface area contributed by atoms with E-state index >= 15 is 0 Å². The van der Waals surface area contributed by atoms with Crippen molar-refractivity contribution in [2.24, 2.45) is 0 Å². The molecule has 0 bridgehead atoms. The fourth-order valence-corrected chi connectivity index (χ4v) is 6.28. The number of carbonyl (C=O) groups is 4. The third-order valence-corrected chi connectivity index (χ3v) is 8.24. The molecule has 0 unspecified atom stereocenters. The predicted octanol–water partition coefficient (Wildman–Crippen LogP) is 5.71. The van der Waals surface area contributed by atoms with Gasteiger partial charge in [-0.1, -0.05) is 36.9 Å². The van der Waals surface area contributed by atoms with Crippen LogP contribution in [0.3, 0.4) is 0 Å². The Bertz CT molecular complexity index is 1310. The van der Waals surface area contributed by atoms with E-state index in [1.807, 2.05) is 51.3 Å². The maximum Gasteiger partial charge on any atom is 0.410 e. The molecule has 2 aromatic carbocycles. The zero-order valence-electron chi connectivity index (χ0n) is 25.3. The fraction of sp³-hybridized carbons (Fsp3) is 0.484. The number of ether oxygens (including phenoxy) is 3. The molecule has 0 aromatic heterocycles. The number of carbonyl (C=O) groups excluding carboxylic acids is 4. The van der Waals surface area contributed by atoms with Crippen LogP contribution in [-0.4, -0.2) is 89.9 Å². The quantitative estimate of drug-likeness (QED) is 0.171. The highest BCUT2D eigenvalue weighted by Crippen LogP contribution is 2.32. The second-order valence-electron chi connectivity index (χ2n) is 11.1. The molecule has 0 radical (unpaired) electrons. The molecule has 1 aliphatic heterocycles. The minimum Gasteiger partial charge on any atom is -0.467 e. The number of benzene rings is 2. The van der Waals surface area contributed by atoms with E-state index in [9.17, 15) is 19.2 Å². The van der Waals surface area contributed by atoms with Crippen molar-refractivity contribution in [2.75, 3.05) is 44.1 Å². The summed E-state index contributed by atoms with van der Waals surface area (Å²) in [6.07, 6.45) is 3.92. The molecule has 2 amide bonds. The van der Waals surface area contributed by atoms with Crippen molar-refractivity contribution in [1.29, 1.82) is 0 Å². The molecule has 43 heavy (non-hydrogen) atoms. The van der Waals surface area contributed by atoms with Crippen molar-refractivity contribution < 1.29 is 33.4 Å². The first-order valence-corrected chi connectivity index (χ1v) is 16.3. The van der Waals surface area contributed by atoms with Gasteiger partial charge in [0.05, 0.1) is 13.2 Å². The highest BCUT2D eigenvalue weighted by atomic mass is 32.2. The van der Waals surface area contributed by atoms with Gasteiger partial charge in [-0.05, 0) is 74.9 Å². The van der Waals surface area contributed by atoms with Crippen LogP contribution in [0.5, 0.6) is 0 Å². The van der Waals surface area contributed by atoms with E-state index in [1.54, 1.807) is 28.8 Å². The summed E-state index contributed by atoms with van der Waals surface area (Å²) in [5.41, 5.74) is 0.465. The van der Waals surface area contributed by atoms with Gasteiger partial charge in [-0.3, -0.25) is 4.79 Å². The summed E-state index contributed by atoms with van der Waals surface area (Å²) in [5, 5.41) is 7.40. The zero-order valence-corrected chi connectivity index (χ0v) is 27.0. The molecule has 3 rings (SSSR count). The summed E-state index contributed by atoms with van der Waals surface area (Å²) in [6, 6.07) is 10.1. The van der Waals surface area contributed by atoms with E-state index in [-0.39, 0.29) is 17.9 Å². The van der Waals surface area contributed by atoms with E-state index in [4.69, 9.17) is 14.2 Å².